The van der Waals surface area contributed by atoms with Crippen molar-refractivity contribution in [3.8, 4) is 11.5 Å². The molecule has 2 rings (SSSR count). The quantitative estimate of drug-likeness (QED) is 0.873. The lowest BCUT2D eigenvalue weighted by atomic mass is 10.1. The SMILES string of the molecule is CC(C)(C)NC(=O)CSc1nnc(-c2ccc(Cl)cc2)o1. The molecule has 1 N–H and O–H groups in total. The second-order valence-corrected chi connectivity index (χ2v) is 6.83. The number of hydrogen-bond acceptors (Lipinski definition) is 5. The van der Waals surface area contributed by atoms with Crippen LogP contribution in [0.2, 0.25) is 5.02 Å². The number of halogens is 1. The van der Waals surface area contributed by atoms with Crippen LogP contribution in [0.25, 0.3) is 11.5 Å². The molecular formula is C14H16ClN3O2S. The van der Waals surface area contributed by atoms with Crippen molar-refractivity contribution in [3.63, 3.8) is 0 Å². The lowest BCUT2D eigenvalue weighted by molar-refractivity contribution is -0.119. The second kappa shape index (κ2) is 6.49. The monoisotopic (exact) mass is 325 g/mol. The van der Waals surface area contributed by atoms with Gasteiger partial charge in [0.05, 0.1) is 5.75 Å². The third kappa shape index (κ3) is 5.06. The molecule has 112 valence electrons. The zero-order valence-corrected chi connectivity index (χ0v) is 13.6. The largest absolute Gasteiger partial charge is 0.411 e. The molecule has 1 aromatic heterocycles. The molecule has 0 aliphatic heterocycles. The lowest BCUT2D eigenvalue weighted by Crippen LogP contribution is -2.41. The first-order chi connectivity index (χ1) is 9.83. The molecule has 0 aliphatic rings. The van der Waals surface area contributed by atoms with E-state index in [2.05, 4.69) is 15.5 Å². The fraction of sp³-hybridized carbons (Fsp3) is 0.357. The molecule has 2 aromatic rings. The highest BCUT2D eigenvalue weighted by atomic mass is 35.5. The summed E-state index contributed by atoms with van der Waals surface area (Å²) in [5.74, 6) is 0.573. The Labute approximate surface area is 132 Å². The van der Waals surface area contributed by atoms with Crippen molar-refractivity contribution in [1.29, 1.82) is 0 Å². The fourth-order valence-corrected chi connectivity index (χ4v) is 2.25. The smallest absolute Gasteiger partial charge is 0.277 e. The molecule has 0 aliphatic carbocycles. The molecule has 0 saturated carbocycles. The molecule has 5 nitrogen and oxygen atoms in total. The number of thioether (sulfide) groups is 1. The number of hydrogen-bond donors (Lipinski definition) is 1. The van der Waals surface area contributed by atoms with Crippen molar-refractivity contribution in [2.75, 3.05) is 5.75 Å². The van der Waals surface area contributed by atoms with Crippen molar-refractivity contribution < 1.29 is 9.21 Å². The first kappa shape index (κ1) is 15.9. The molecule has 0 atom stereocenters. The molecule has 0 unspecified atom stereocenters. The van der Waals surface area contributed by atoms with Crippen LogP contribution in [0.1, 0.15) is 20.8 Å². The molecule has 0 bridgehead atoms. The standard InChI is InChI=1S/C14H16ClN3O2S/c1-14(2,3)16-11(19)8-21-13-18-17-12(20-13)9-4-6-10(15)7-5-9/h4-7H,8H2,1-3H3,(H,16,19). The van der Waals surface area contributed by atoms with Gasteiger partial charge < -0.3 is 9.73 Å². The Hall–Kier alpha value is -1.53. The fourth-order valence-electron chi connectivity index (χ4n) is 1.56. The van der Waals surface area contributed by atoms with Gasteiger partial charge in [0.2, 0.25) is 11.8 Å². The van der Waals surface area contributed by atoms with E-state index in [0.29, 0.717) is 16.1 Å². The molecule has 0 saturated heterocycles. The van der Waals surface area contributed by atoms with E-state index < -0.39 is 0 Å². The van der Waals surface area contributed by atoms with Crippen LogP contribution in [0.4, 0.5) is 0 Å². The molecule has 1 amide bonds. The highest BCUT2D eigenvalue weighted by Gasteiger charge is 2.15. The maximum absolute atomic E-state index is 11.7. The van der Waals surface area contributed by atoms with E-state index >= 15 is 0 Å². The third-order valence-corrected chi connectivity index (χ3v) is 3.41. The maximum Gasteiger partial charge on any atom is 0.277 e. The molecule has 21 heavy (non-hydrogen) atoms. The summed E-state index contributed by atoms with van der Waals surface area (Å²) in [4.78, 5) is 11.7. The number of carbonyl (C=O) groups excluding carboxylic acids is 1. The van der Waals surface area contributed by atoms with Crippen molar-refractivity contribution >= 4 is 29.3 Å². The Morgan fingerprint density at radius 1 is 1.29 bits per heavy atom. The van der Waals surface area contributed by atoms with E-state index in [9.17, 15) is 4.79 Å². The number of amides is 1. The topological polar surface area (TPSA) is 68.0 Å². The molecule has 1 aromatic carbocycles. The van der Waals surface area contributed by atoms with Gasteiger partial charge in [-0.2, -0.15) is 0 Å². The number of aromatic nitrogens is 2. The van der Waals surface area contributed by atoms with Gasteiger partial charge in [-0.05, 0) is 45.0 Å². The van der Waals surface area contributed by atoms with Gasteiger partial charge in [-0.1, -0.05) is 23.4 Å². The molecule has 0 fully saturated rings. The van der Waals surface area contributed by atoms with Crippen molar-refractivity contribution in [1.82, 2.24) is 15.5 Å². The average Bonchev–Trinajstić information content (AvgIpc) is 2.84. The summed E-state index contributed by atoms with van der Waals surface area (Å²) < 4.78 is 5.51. The van der Waals surface area contributed by atoms with E-state index in [4.69, 9.17) is 16.0 Å². The highest BCUT2D eigenvalue weighted by Crippen LogP contribution is 2.24. The van der Waals surface area contributed by atoms with E-state index in [1.165, 1.54) is 11.8 Å². The van der Waals surface area contributed by atoms with E-state index in [1.54, 1.807) is 24.3 Å². The summed E-state index contributed by atoms with van der Waals surface area (Å²) in [7, 11) is 0. The van der Waals surface area contributed by atoms with Crippen LogP contribution < -0.4 is 5.32 Å². The molecule has 0 spiro atoms. The summed E-state index contributed by atoms with van der Waals surface area (Å²) in [5, 5.41) is 11.8. The summed E-state index contributed by atoms with van der Waals surface area (Å²) >= 11 is 7.04. The predicted octanol–water partition coefficient (Wildman–Crippen LogP) is 3.40. The van der Waals surface area contributed by atoms with Crippen LogP contribution in [0.5, 0.6) is 0 Å². The molecule has 1 heterocycles. The van der Waals surface area contributed by atoms with Crippen molar-refractivity contribution in [2.45, 2.75) is 31.5 Å². The van der Waals surface area contributed by atoms with Crippen LogP contribution in [0.3, 0.4) is 0 Å². The zero-order chi connectivity index (χ0) is 15.5. The predicted molar refractivity (Wildman–Crippen MR) is 83.4 cm³/mol. The van der Waals surface area contributed by atoms with Crippen LogP contribution in [-0.2, 0) is 4.79 Å². The summed E-state index contributed by atoms with van der Waals surface area (Å²) in [6, 6.07) is 7.11. The van der Waals surface area contributed by atoms with Gasteiger partial charge in [0, 0.05) is 16.1 Å². The minimum atomic E-state index is -0.249. The first-order valence-electron chi connectivity index (χ1n) is 6.37. The second-order valence-electron chi connectivity index (χ2n) is 5.47. The Morgan fingerprint density at radius 2 is 1.95 bits per heavy atom. The normalized spacial score (nSPS) is 11.4. The van der Waals surface area contributed by atoms with Crippen LogP contribution in [-0.4, -0.2) is 27.4 Å². The van der Waals surface area contributed by atoms with Gasteiger partial charge in [0.1, 0.15) is 0 Å². The molecule has 7 heteroatoms. The molecular weight excluding hydrogens is 310 g/mol. The number of benzene rings is 1. The minimum Gasteiger partial charge on any atom is -0.411 e. The first-order valence-corrected chi connectivity index (χ1v) is 7.73. The summed E-state index contributed by atoms with van der Waals surface area (Å²) in [6.45, 7) is 5.79. The highest BCUT2D eigenvalue weighted by molar-refractivity contribution is 7.99. The van der Waals surface area contributed by atoms with E-state index in [1.807, 2.05) is 20.8 Å². The van der Waals surface area contributed by atoms with Crippen LogP contribution >= 0.6 is 23.4 Å². The van der Waals surface area contributed by atoms with Gasteiger partial charge in [0.25, 0.3) is 5.22 Å². The third-order valence-electron chi connectivity index (χ3n) is 2.34. The number of nitrogens with zero attached hydrogens (tertiary/aromatic N) is 2. The van der Waals surface area contributed by atoms with Gasteiger partial charge in [-0.25, -0.2) is 0 Å². The van der Waals surface area contributed by atoms with Gasteiger partial charge >= 0.3 is 0 Å². The summed E-state index contributed by atoms with van der Waals surface area (Å²) in [5.41, 5.74) is 0.541. The number of carbonyl (C=O) groups is 1. The Kier molecular flexibility index (Phi) is 4.90. The number of rotatable bonds is 4. The molecule has 0 radical (unpaired) electrons. The average molecular weight is 326 g/mol. The van der Waals surface area contributed by atoms with Crippen LogP contribution in [0, 0.1) is 0 Å². The van der Waals surface area contributed by atoms with Gasteiger partial charge in [0.15, 0.2) is 0 Å². The van der Waals surface area contributed by atoms with Crippen LogP contribution in [0.15, 0.2) is 33.9 Å². The Balaban J connectivity index is 1.94. The van der Waals surface area contributed by atoms with Gasteiger partial charge in [-0.3, -0.25) is 4.79 Å². The number of nitrogens with one attached hydrogen (secondary N) is 1. The lowest BCUT2D eigenvalue weighted by Gasteiger charge is -2.19. The maximum atomic E-state index is 11.7. The van der Waals surface area contributed by atoms with Crippen molar-refractivity contribution in [2.24, 2.45) is 0 Å². The van der Waals surface area contributed by atoms with E-state index in [-0.39, 0.29) is 17.2 Å². The van der Waals surface area contributed by atoms with E-state index in [0.717, 1.165) is 5.56 Å². The van der Waals surface area contributed by atoms with Gasteiger partial charge in [-0.15, -0.1) is 10.2 Å². The summed E-state index contributed by atoms with van der Waals surface area (Å²) in [6.07, 6.45) is 0. The minimum absolute atomic E-state index is 0.0706. The Morgan fingerprint density at radius 3 is 2.57 bits per heavy atom. The van der Waals surface area contributed by atoms with Crippen molar-refractivity contribution in [3.05, 3.63) is 29.3 Å². The Bertz CT molecular complexity index is 620. The zero-order valence-electron chi connectivity index (χ0n) is 12.0.